The monoisotopic (exact) mass is 201 g/mol. The van der Waals surface area contributed by atoms with Crippen LogP contribution >= 0.6 is 0 Å². The van der Waals surface area contributed by atoms with E-state index >= 15 is 0 Å². The average Bonchev–Trinajstić information content (AvgIpc) is 1.99. The number of carbonyl (C=O) groups excluding carboxylic acids is 1. The standard InChI is InChI=1S/C10H19NO3/c1-9(2)5-8(14-7-12)6-10(3,4)11(9)13/h7-8,13H,5-6H2,1-4H3. The number of hydrogen-bond donors (Lipinski definition) is 1. The van der Waals surface area contributed by atoms with Gasteiger partial charge in [-0.05, 0) is 27.7 Å². The van der Waals surface area contributed by atoms with Gasteiger partial charge in [0.15, 0.2) is 0 Å². The van der Waals surface area contributed by atoms with E-state index in [0.717, 1.165) is 0 Å². The Kier molecular flexibility index (Phi) is 2.88. The third-order valence-electron chi connectivity index (χ3n) is 2.85. The highest BCUT2D eigenvalue weighted by Crippen LogP contribution is 2.37. The lowest BCUT2D eigenvalue weighted by Gasteiger charge is -2.50. The summed E-state index contributed by atoms with van der Waals surface area (Å²) in [6, 6.07) is 0. The van der Waals surface area contributed by atoms with Crippen LogP contribution in [0.15, 0.2) is 0 Å². The van der Waals surface area contributed by atoms with Crippen molar-refractivity contribution < 1.29 is 14.7 Å². The fraction of sp³-hybridized carbons (Fsp3) is 0.900. The lowest BCUT2D eigenvalue weighted by molar-refractivity contribution is -0.258. The number of rotatable bonds is 2. The normalized spacial score (nSPS) is 27.2. The fourth-order valence-corrected chi connectivity index (χ4v) is 2.35. The summed E-state index contributed by atoms with van der Waals surface area (Å²) in [5, 5.41) is 11.3. The van der Waals surface area contributed by atoms with Gasteiger partial charge in [-0.1, -0.05) is 0 Å². The van der Waals surface area contributed by atoms with Crippen LogP contribution in [0.3, 0.4) is 0 Å². The average molecular weight is 201 g/mol. The summed E-state index contributed by atoms with van der Waals surface area (Å²) in [7, 11) is 0. The van der Waals surface area contributed by atoms with Gasteiger partial charge >= 0.3 is 0 Å². The molecule has 0 aliphatic carbocycles. The van der Waals surface area contributed by atoms with E-state index in [0.29, 0.717) is 19.3 Å². The Morgan fingerprint density at radius 2 is 1.71 bits per heavy atom. The van der Waals surface area contributed by atoms with Crippen molar-refractivity contribution in [1.29, 1.82) is 0 Å². The number of hydrogen-bond acceptors (Lipinski definition) is 4. The van der Waals surface area contributed by atoms with Crippen LogP contribution in [0.25, 0.3) is 0 Å². The van der Waals surface area contributed by atoms with Crippen molar-refractivity contribution in [3.8, 4) is 0 Å². The number of hydroxylamine groups is 2. The lowest BCUT2D eigenvalue weighted by Crippen LogP contribution is -2.60. The van der Waals surface area contributed by atoms with Crippen molar-refractivity contribution in [3.63, 3.8) is 0 Å². The number of carbonyl (C=O) groups is 1. The Balaban J connectivity index is 2.80. The highest BCUT2D eigenvalue weighted by Gasteiger charge is 2.45. The van der Waals surface area contributed by atoms with E-state index in [1.54, 1.807) is 0 Å². The second-order valence-corrected chi connectivity index (χ2v) is 5.20. The van der Waals surface area contributed by atoms with Crippen LogP contribution in [0.2, 0.25) is 0 Å². The molecular formula is C10H19NO3. The number of nitrogens with zero attached hydrogens (tertiary/aromatic N) is 1. The molecule has 14 heavy (non-hydrogen) atoms. The maximum atomic E-state index is 10.3. The Morgan fingerprint density at radius 3 is 2.07 bits per heavy atom. The van der Waals surface area contributed by atoms with Gasteiger partial charge in [0.05, 0.1) is 0 Å². The first-order chi connectivity index (χ1) is 6.29. The molecule has 4 heteroatoms. The van der Waals surface area contributed by atoms with Crippen molar-refractivity contribution in [3.05, 3.63) is 0 Å². The molecule has 0 aromatic heterocycles. The zero-order chi connectivity index (χ0) is 11.0. The summed E-state index contributed by atoms with van der Waals surface area (Å²) in [4.78, 5) is 10.3. The Morgan fingerprint density at radius 1 is 1.29 bits per heavy atom. The first-order valence-corrected chi connectivity index (χ1v) is 4.88. The molecule has 0 unspecified atom stereocenters. The van der Waals surface area contributed by atoms with Gasteiger partial charge in [0.2, 0.25) is 0 Å². The molecule has 0 amide bonds. The van der Waals surface area contributed by atoms with Crippen LogP contribution in [-0.2, 0) is 9.53 Å². The molecule has 1 N–H and O–H groups in total. The molecule has 1 rings (SSSR count). The molecule has 82 valence electrons. The second-order valence-electron chi connectivity index (χ2n) is 5.20. The topological polar surface area (TPSA) is 49.8 Å². The van der Waals surface area contributed by atoms with E-state index in [-0.39, 0.29) is 17.2 Å². The maximum Gasteiger partial charge on any atom is 0.293 e. The van der Waals surface area contributed by atoms with E-state index in [9.17, 15) is 10.0 Å². The van der Waals surface area contributed by atoms with Gasteiger partial charge in [-0.15, -0.1) is 0 Å². The van der Waals surface area contributed by atoms with Crippen LogP contribution in [0.5, 0.6) is 0 Å². The third kappa shape index (κ3) is 2.07. The highest BCUT2D eigenvalue weighted by atomic mass is 16.5. The zero-order valence-corrected chi connectivity index (χ0v) is 9.28. The Bertz CT molecular complexity index is 207. The molecule has 0 aromatic carbocycles. The van der Waals surface area contributed by atoms with Crippen LogP contribution in [-0.4, -0.2) is 33.9 Å². The van der Waals surface area contributed by atoms with Gasteiger partial charge in [-0.25, -0.2) is 0 Å². The highest BCUT2D eigenvalue weighted by molar-refractivity contribution is 5.37. The summed E-state index contributed by atoms with van der Waals surface area (Å²) >= 11 is 0. The van der Waals surface area contributed by atoms with Crippen molar-refractivity contribution in [2.45, 2.75) is 57.7 Å². The van der Waals surface area contributed by atoms with Crippen LogP contribution < -0.4 is 0 Å². The molecule has 0 radical (unpaired) electrons. The summed E-state index contributed by atoms with van der Waals surface area (Å²) < 4.78 is 4.98. The van der Waals surface area contributed by atoms with Crippen molar-refractivity contribution in [2.24, 2.45) is 0 Å². The molecule has 1 fully saturated rings. The van der Waals surface area contributed by atoms with Crippen LogP contribution in [0, 0.1) is 0 Å². The Hall–Kier alpha value is -0.610. The summed E-state index contributed by atoms with van der Waals surface area (Å²) in [5.74, 6) is 0. The van der Waals surface area contributed by atoms with Gasteiger partial charge in [0, 0.05) is 23.9 Å². The lowest BCUT2D eigenvalue weighted by atomic mass is 9.80. The van der Waals surface area contributed by atoms with E-state index in [4.69, 9.17) is 4.74 Å². The minimum absolute atomic E-state index is 0.0964. The zero-order valence-electron chi connectivity index (χ0n) is 9.28. The first kappa shape index (κ1) is 11.5. The molecule has 0 spiro atoms. The molecule has 0 aromatic rings. The predicted octanol–water partition coefficient (Wildman–Crippen LogP) is 1.57. The summed E-state index contributed by atoms with van der Waals surface area (Å²) in [5.41, 5.74) is -0.704. The van der Waals surface area contributed by atoms with Crippen LogP contribution in [0.1, 0.15) is 40.5 Å². The van der Waals surface area contributed by atoms with Gasteiger partial charge < -0.3 is 9.94 Å². The molecule has 0 atom stereocenters. The molecule has 1 aliphatic heterocycles. The smallest absolute Gasteiger partial charge is 0.293 e. The molecular weight excluding hydrogens is 182 g/mol. The van der Waals surface area contributed by atoms with Gasteiger partial charge in [0.25, 0.3) is 6.47 Å². The SMILES string of the molecule is CC1(C)CC(OC=O)CC(C)(C)N1O. The molecule has 1 saturated heterocycles. The summed E-state index contributed by atoms with van der Waals surface area (Å²) in [6.45, 7) is 8.25. The van der Waals surface area contributed by atoms with Crippen molar-refractivity contribution in [2.75, 3.05) is 0 Å². The first-order valence-electron chi connectivity index (χ1n) is 4.88. The van der Waals surface area contributed by atoms with E-state index < -0.39 is 0 Å². The minimum Gasteiger partial charge on any atom is -0.464 e. The largest absolute Gasteiger partial charge is 0.464 e. The fourth-order valence-electron chi connectivity index (χ4n) is 2.35. The van der Waals surface area contributed by atoms with E-state index in [1.807, 2.05) is 27.7 Å². The quantitative estimate of drug-likeness (QED) is 0.689. The summed E-state index contributed by atoms with van der Waals surface area (Å²) in [6.07, 6.45) is 1.22. The van der Waals surface area contributed by atoms with Gasteiger partial charge in [-0.3, -0.25) is 4.79 Å². The van der Waals surface area contributed by atoms with Crippen molar-refractivity contribution in [1.82, 2.24) is 5.06 Å². The van der Waals surface area contributed by atoms with Crippen molar-refractivity contribution >= 4 is 6.47 Å². The van der Waals surface area contributed by atoms with E-state index in [1.165, 1.54) is 5.06 Å². The third-order valence-corrected chi connectivity index (χ3v) is 2.85. The molecule has 0 saturated carbocycles. The second kappa shape index (κ2) is 3.51. The predicted molar refractivity (Wildman–Crippen MR) is 52.0 cm³/mol. The number of piperidine rings is 1. The molecule has 1 heterocycles. The molecule has 4 nitrogen and oxygen atoms in total. The van der Waals surface area contributed by atoms with E-state index in [2.05, 4.69) is 0 Å². The van der Waals surface area contributed by atoms with Gasteiger partial charge in [-0.2, -0.15) is 5.06 Å². The maximum absolute atomic E-state index is 10.3. The Labute approximate surface area is 84.8 Å². The molecule has 1 aliphatic rings. The minimum atomic E-state index is -0.352. The molecule has 0 bridgehead atoms. The number of ether oxygens (including phenoxy) is 1. The van der Waals surface area contributed by atoms with Gasteiger partial charge in [0.1, 0.15) is 6.10 Å². The van der Waals surface area contributed by atoms with Crippen LogP contribution in [0.4, 0.5) is 0 Å².